The molecule has 0 aromatic heterocycles. The van der Waals surface area contributed by atoms with Gasteiger partial charge in [0.2, 0.25) is 0 Å². The monoisotopic (exact) mass is 448 g/mol. The first-order valence-corrected chi connectivity index (χ1v) is 8.58. The molecule has 1 aromatic carbocycles. The van der Waals surface area contributed by atoms with Crippen molar-refractivity contribution in [3.05, 3.63) is 35.6 Å². The summed E-state index contributed by atoms with van der Waals surface area (Å²) >= 11 is 0. The SMILES string of the molecule is CN=C(NCCc1cccc(F)c1)NCCN1CCC(C)CC1.I. The van der Waals surface area contributed by atoms with E-state index in [0.717, 1.165) is 43.5 Å². The van der Waals surface area contributed by atoms with Crippen molar-refractivity contribution in [1.82, 2.24) is 15.5 Å². The first-order valence-electron chi connectivity index (χ1n) is 8.58. The first-order chi connectivity index (χ1) is 11.2. The molecule has 1 fully saturated rings. The molecular formula is C18H30FIN4. The van der Waals surface area contributed by atoms with Gasteiger partial charge in [0.15, 0.2) is 5.96 Å². The fourth-order valence-electron chi connectivity index (χ4n) is 2.86. The Morgan fingerprint density at radius 3 is 2.62 bits per heavy atom. The highest BCUT2D eigenvalue weighted by atomic mass is 127. The van der Waals surface area contributed by atoms with Crippen LogP contribution >= 0.6 is 24.0 Å². The molecule has 1 aliphatic rings. The molecule has 2 rings (SSSR count). The van der Waals surface area contributed by atoms with E-state index in [1.807, 2.05) is 6.07 Å². The summed E-state index contributed by atoms with van der Waals surface area (Å²) in [6.07, 6.45) is 3.39. The van der Waals surface area contributed by atoms with Gasteiger partial charge in [-0.15, -0.1) is 24.0 Å². The fraction of sp³-hybridized carbons (Fsp3) is 0.611. The van der Waals surface area contributed by atoms with Crippen LogP contribution in [-0.2, 0) is 6.42 Å². The summed E-state index contributed by atoms with van der Waals surface area (Å²) in [5, 5.41) is 6.63. The van der Waals surface area contributed by atoms with Gasteiger partial charge in [-0.1, -0.05) is 19.1 Å². The molecule has 136 valence electrons. The number of hydrogen-bond donors (Lipinski definition) is 2. The van der Waals surface area contributed by atoms with Crippen LogP contribution in [0.5, 0.6) is 0 Å². The van der Waals surface area contributed by atoms with Crippen LogP contribution in [-0.4, -0.2) is 50.6 Å². The maximum Gasteiger partial charge on any atom is 0.191 e. The van der Waals surface area contributed by atoms with Crippen LogP contribution in [0.25, 0.3) is 0 Å². The van der Waals surface area contributed by atoms with Crippen LogP contribution in [0.2, 0.25) is 0 Å². The standard InChI is InChI=1S/C18H29FN4.HI/c1-15-7-11-23(12-8-15)13-10-22-18(20-2)21-9-6-16-4-3-5-17(19)14-16;/h3-5,14-15H,6-13H2,1-2H3,(H2,20,21,22);1H. The molecule has 0 bridgehead atoms. The van der Waals surface area contributed by atoms with E-state index >= 15 is 0 Å². The highest BCUT2D eigenvalue weighted by Crippen LogP contribution is 2.15. The molecule has 1 aromatic rings. The minimum Gasteiger partial charge on any atom is -0.356 e. The Morgan fingerprint density at radius 1 is 1.25 bits per heavy atom. The predicted molar refractivity (Wildman–Crippen MR) is 110 cm³/mol. The Morgan fingerprint density at radius 2 is 1.96 bits per heavy atom. The summed E-state index contributed by atoms with van der Waals surface area (Å²) < 4.78 is 13.1. The van der Waals surface area contributed by atoms with Crippen LogP contribution in [0.15, 0.2) is 29.3 Å². The maximum absolute atomic E-state index is 13.1. The molecule has 0 aliphatic carbocycles. The van der Waals surface area contributed by atoms with Crippen molar-refractivity contribution in [1.29, 1.82) is 0 Å². The number of piperidine rings is 1. The minimum atomic E-state index is -0.180. The molecule has 0 spiro atoms. The van der Waals surface area contributed by atoms with Gasteiger partial charge in [-0.3, -0.25) is 4.99 Å². The molecule has 0 radical (unpaired) electrons. The van der Waals surface area contributed by atoms with Crippen molar-refractivity contribution in [2.75, 3.05) is 39.8 Å². The number of guanidine groups is 1. The number of benzene rings is 1. The molecule has 2 N–H and O–H groups in total. The summed E-state index contributed by atoms with van der Waals surface area (Å²) in [6, 6.07) is 6.74. The number of halogens is 2. The summed E-state index contributed by atoms with van der Waals surface area (Å²) in [5.41, 5.74) is 0.996. The second kappa shape index (κ2) is 11.6. The lowest BCUT2D eigenvalue weighted by Crippen LogP contribution is -2.43. The van der Waals surface area contributed by atoms with E-state index in [4.69, 9.17) is 0 Å². The highest BCUT2D eigenvalue weighted by Gasteiger charge is 2.14. The summed E-state index contributed by atoms with van der Waals surface area (Å²) in [4.78, 5) is 6.74. The van der Waals surface area contributed by atoms with Crippen molar-refractivity contribution in [2.45, 2.75) is 26.2 Å². The molecule has 0 saturated carbocycles. The third-order valence-corrected chi connectivity index (χ3v) is 4.42. The Labute approximate surface area is 162 Å². The first kappa shape index (κ1) is 21.2. The Hall–Kier alpha value is -0.890. The minimum absolute atomic E-state index is 0. The van der Waals surface area contributed by atoms with E-state index in [0.29, 0.717) is 0 Å². The average Bonchev–Trinajstić information content (AvgIpc) is 2.55. The van der Waals surface area contributed by atoms with E-state index in [2.05, 4.69) is 27.4 Å². The molecule has 6 heteroatoms. The van der Waals surface area contributed by atoms with Crippen molar-refractivity contribution in [2.24, 2.45) is 10.9 Å². The zero-order valence-corrected chi connectivity index (χ0v) is 17.1. The smallest absolute Gasteiger partial charge is 0.191 e. The Bertz CT molecular complexity index is 502. The van der Waals surface area contributed by atoms with Gasteiger partial charge in [-0.25, -0.2) is 4.39 Å². The second-order valence-corrected chi connectivity index (χ2v) is 6.33. The van der Waals surface area contributed by atoms with Gasteiger partial charge in [0.1, 0.15) is 5.82 Å². The number of likely N-dealkylation sites (tertiary alicyclic amines) is 1. The Kier molecular flexibility index (Phi) is 10.2. The van der Waals surface area contributed by atoms with Gasteiger partial charge >= 0.3 is 0 Å². The summed E-state index contributed by atoms with van der Waals surface area (Å²) in [6.45, 7) is 7.43. The molecule has 0 amide bonds. The van der Waals surface area contributed by atoms with E-state index in [1.165, 1.54) is 32.0 Å². The predicted octanol–water partition coefficient (Wildman–Crippen LogP) is 2.88. The van der Waals surface area contributed by atoms with Crippen molar-refractivity contribution in [3.63, 3.8) is 0 Å². The largest absolute Gasteiger partial charge is 0.356 e. The number of nitrogens with zero attached hydrogens (tertiary/aromatic N) is 2. The molecule has 24 heavy (non-hydrogen) atoms. The quantitative estimate of drug-likeness (QED) is 0.400. The number of aliphatic imine (C=N–C) groups is 1. The molecule has 4 nitrogen and oxygen atoms in total. The van der Waals surface area contributed by atoms with Crippen LogP contribution in [0.1, 0.15) is 25.3 Å². The average molecular weight is 448 g/mol. The topological polar surface area (TPSA) is 39.7 Å². The van der Waals surface area contributed by atoms with Crippen LogP contribution in [0, 0.1) is 11.7 Å². The highest BCUT2D eigenvalue weighted by molar-refractivity contribution is 14.0. The molecule has 0 unspecified atom stereocenters. The van der Waals surface area contributed by atoms with Gasteiger partial charge in [-0.05, 0) is 56.0 Å². The fourth-order valence-corrected chi connectivity index (χ4v) is 2.86. The zero-order valence-electron chi connectivity index (χ0n) is 14.7. The molecule has 1 saturated heterocycles. The van der Waals surface area contributed by atoms with E-state index < -0.39 is 0 Å². The number of nitrogens with one attached hydrogen (secondary N) is 2. The Balaban J connectivity index is 0.00000288. The van der Waals surface area contributed by atoms with Gasteiger partial charge in [-0.2, -0.15) is 0 Å². The van der Waals surface area contributed by atoms with E-state index in [1.54, 1.807) is 19.2 Å². The van der Waals surface area contributed by atoms with Crippen molar-refractivity contribution in [3.8, 4) is 0 Å². The third-order valence-electron chi connectivity index (χ3n) is 4.42. The maximum atomic E-state index is 13.1. The normalized spacial score (nSPS) is 16.5. The van der Waals surface area contributed by atoms with E-state index in [-0.39, 0.29) is 29.8 Å². The third kappa shape index (κ3) is 7.79. The molecular weight excluding hydrogens is 418 g/mol. The van der Waals surface area contributed by atoms with Crippen LogP contribution in [0.3, 0.4) is 0 Å². The van der Waals surface area contributed by atoms with Gasteiger partial charge in [0, 0.05) is 26.7 Å². The second-order valence-electron chi connectivity index (χ2n) is 6.33. The lowest BCUT2D eigenvalue weighted by Gasteiger charge is -2.30. The van der Waals surface area contributed by atoms with Gasteiger partial charge in [0.05, 0.1) is 0 Å². The molecule has 1 aliphatic heterocycles. The number of rotatable bonds is 6. The number of hydrogen-bond acceptors (Lipinski definition) is 2. The van der Waals surface area contributed by atoms with Crippen LogP contribution < -0.4 is 10.6 Å². The lowest BCUT2D eigenvalue weighted by atomic mass is 9.99. The summed E-state index contributed by atoms with van der Waals surface area (Å²) in [5.74, 6) is 1.50. The molecule has 1 heterocycles. The van der Waals surface area contributed by atoms with Gasteiger partial charge in [0.25, 0.3) is 0 Å². The lowest BCUT2D eigenvalue weighted by molar-refractivity contribution is 0.195. The van der Waals surface area contributed by atoms with E-state index in [9.17, 15) is 4.39 Å². The van der Waals surface area contributed by atoms with Gasteiger partial charge < -0.3 is 15.5 Å². The molecule has 0 atom stereocenters. The van der Waals surface area contributed by atoms with Crippen molar-refractivity contribution < 1.29 is 4.39 Å². The van der Waals surface area contributed by atoms with Crippen molar-refractivity contribution >= 4 is 29.9 Å². The van der Waals surface area contributed by atoms with Crippen LogP contribution in [0.4, 0.5) is 4.39 Å². The summed E-state index contributed by atoms with van der Waals surface area (Å²) in [7, 11) is 1.78. The zero-order chi connectivity index (χ0) is 16.5.